The zero-order chi connectivity index (χ0) is 18.1. The second-order valence-electron chi connectivity index (χ2n) is 6.80. The Bertz CT molecular complexity index is 1070. The predicted molar refractivity (Wildman–Crippen MR) is 112 cm³/mol. The summed E-state index contributed by atoms with van der Waals surface area (Å²) in [7, 11) is 0. The summed E-state index contributed by atoms with van der Waals surface area (Å²) in [5.74, 6) is 2.00. The number of fused-ring (bicyclic) bond motifs is 1. The molecule has 0 bridgehead atoms. The average molecular weight is 355 g/mol. The highest BCUT2D eigenvalue weighted by molar-refractivity contribution is 6.03. The van der Waals surface area contributed by atoms with E-state index in [0.29, 0.717) is 0 Å². The van der Waals surface area contributed by atoms with Gasteiger partial charge in [-0.1, -0.05) is 30.3 Å². The van der Waals surface area contributed by atoms with Crippen molar-refractivity contribution in [1.29, 1.82) is 0 Å². The lowest BCUT2D eigenvalue weighted by Crippen LogP contribution is -2.19. The smallest absolute Gasteiger partial charge is 0.128 e. The van der Waals surface area contributed by atoms with Crippen LogP contribution >= 0.6 is 0 Å². The van der Waals surface area contributed by atoms with E-state index in [9.17, 15) is 0 Å². The van der Waals surface area contributed by atoms with Crippen molar-refractivity contribution in [2.45, 2.75) is 0 Å². The van der Waals surface area contributed by atoms with Crippen LogP contribution in [0.2, 0.25) is 0 Å². The Morgan fingerprint density at radius 2 is 1.44 bits per heavy atom. The van der Waals surface area contributed by atoms with Crippen molar-refractivity contribution in [3.05, 3.63) is 70.9 Å². The molecule has 0 unspecified atom stereocenters. The van der Waals surface area contributed by atoms with Crippen LogP contribution in [0, 0.1) is 0 Å². The molecule has 3 heterocycles. The van der Waals surface area contributed by atoms with E-state index < -0.39 is 0 Å². The second kappa shape index (κ2) is 6.76. The average Bonchev–Trinajstić information content (AvgIpc) is 3.47. The van der Waals surface area contributed by atoms with Gasteiger partial charge in [-0.25, -0.2) is 0 Å². The van der Waals surface area contributed by atoms with E-state index in [1.54, 1.807) is 0 Å². The fourth-order valence-electron chi connectivity index (χ4n) is 3.51. The van der Waals surface area contributed by atoms with Crippen LogP contribution in [0.25, 0.3) is 23.1 Å². The Labute approximate surface area is 157 Å². The summed E-state index contributed by atoms with van der Waals surface area (Å²) in [6.45, 7) is 3.58. The lowest BCUT2D eigenvalue weighted by Gasteiger charge is -2.02. The molecular weight excluding hydrogens is 334 g/mol. The van der Waals surface area contributed by atoms with Gasteiger partial charge in [-0.15, -0.1) is 0 Å². The van der Waals surface area contributed by atoms with Gasteiger partial charge in [-0.05, 0) is 35.9 Å². The third kappa shape index (κ3) is 3.24. The molecule has 5 rings (SSSR count). The molecule has 5 heteroatoms. The van der Waals surface area contributed by atoms with E-state index in [2.05, 4.69) is 86.3 Å². The second-order valence-corrected chi connectivity index (χ2v) is 6.80. The maximum Gasteiger partial charge on any atom is 0.128 e. The molecule has 2 aliphatic rings. The minimum Gasteiger partial charge on any atom is -0.368 e. The standard InChI is InChI=1S/C22H21N5/c1-4-16(21-23-9-10-24-21)5-2-15(1)3-7-19-14-18-13-17(6-8-20(18)27-19)22-25-11-12-26-22/h1-8,13-14,27H,9-12H2,(H,23,24)(H,25,26)/b7-3+. The molecule has 0 radical (unpaired) electrons. The van der Waals surface area contributed by atoms with Crippen molar-refractivity contribution < 1.29 is 0 Å². The van der Waals surface area contributed by atoms with Gasteiger partial charge in [0.25, 0.3) is 0 Å². The number of nitrogens with one attached hydrogen (secondary N) is 3. The van der Waals surface area contributed by atoms with Gasteiger partial charge in [0.2, 0.25) is 0 Å². The Kier molecular flexibility index (Phi) is 3.98. The predicted octanol–water partition coefficient (Wildman–Crippen LogP) is 3.04. The summed E-state index contributed by atoms with van der Waals surface area (Å²) >= 11 is 0. The molecule has 0 fully saturated rings. The highest BCUT2D eigenvalue weighted by Crippen LogP contribution is 2.20. The molecule has 0 spiro atoms. The first-order chi connectivity index (χ1) is 13.3. The van der Waals surface area contributed by atoms with Gasteiger partial charge >= 0.3 is 0 Å². The number of nitrogens with zero attached hydrogens (tertiary/aromatic N) is 2. The first-order valence-corrected chi connectivity index (χ1v) is 9.33. The van der Waals surface area contributed by atoms with Crippen LogP contribution in [0.5, 0.6) is 0 Å². The molecule has 0 atom stereocenters. The summed E-state index contributed by atoms with van der Waals surface area (Å²) in [5, 5.41) is 7.83. The van der Waals surface area contributed by atoms with Crippen LogP contribution in [-0.4, -0.2) is 42.8 Å². The van der Waals surface area contributed by atoms with Gasteiger partial charge in [0, 0.05) is 40.8 Å². The first kappa shape index (κ1) is 15.9. The van der Waals surface area contributed by atoms with Crippen molar-refractivity contribution in [2.24, 2.45) is 9.98 Å². The number of aliphatic imine (C=N–C) groups is 2. The monoisotopic (exact) mass is 355 g/mol. The Balaban J connectivity index is 1.35. The van der Waals surface area contributed by atoms with E-state index in [1.165, 1.54) is 10.9 Å². The van der Waals surface area contributed by atoms with E-state index in [4.69, 9.17) is 0 Å². The van der Waals surface area contributed by atoms with E-state index in [1.807, 2.05) is 0 Å². The number of hydrogen-bond acceptors (Lipinski definition) is 4. The number of hydrogen-bond donors (Lipinski definition) is 3. The van der Waals surface area contributed by atoms with E-state index in [-0.39, 0.29) is 0 Å². The molecule has 0 saturated heterocycles. The molecule has 3 N–H and O–H groups in total. The van der Waals surface area contributed by atoms with E-state index >= 15 is 0 Å². The van der Waals surface area contributed by atoms with Crippen molar-refractivity contribution in [1.82, 2.24) is 15.6 Å². The fourth-order valence-corrected chi connectivity index (χ4v) is 3.51. The van der Waals surface area contributed by atoms with Crippen molar-refractivity contribution in [2.75, 3.05) is 26.2 Å². The molecule has 0 saturated carbocycles. The quantitative estimate of drug-likeness (QED) is 0.673. The third-order valence-electron chi connectivity index (χ3n) is 4.90. The Morgan fingerprint density at radius 1 is 0.741 bits per heavy atom. The minimum absolute atomic E-state index is 0.858. The van der Waals surface area contributed by atoms with Gasteiger partial charge in [0.05, 0.1) is 13.1 Å². The fraction of sp³-hybridized carbons (Fsp3) is 0.182. The maximum atomic E-state index is 4.50. The lowest BCUT2D eigenvalue weighted by molar-refractivity contribution is 0.960. The molecule has 0 aliphatic carbocycles. The van der Waals surface area contributed by atoms with Gasteiger partial charge < -0.3 is 15.6 Å². The zero-order valence-electron chi connectivity index (χ0n) is 15.0. The van der Waals surface area contributed by atoms with Crippen LogP contribution in [0.1, 0.15) is 22.4 Å². The van der Waals surface area contributed by atoms with Crippen molar-refractivity contribution >= 4 is 34.7 Å². The van der Waals surface area contributed by atoms with Crippen LogP contribution in [0.3, 0.4) is 0 Å². The van der Waals surface area contributed by atoms with Gasteiger partial charge in [0.15, 0.2) is 0 Å². The lowest BCUT2D eigenvalue weighted by atomic mass is 10.1. The highest BCUT2D eigenvalue weighted by atomic mass is 15.1. The molecule has 3 aromatic rings. The third-order valence-corrected chi connectivity index (χ3v) is 4.90. The molecule has 2 aliphatic heterocycles. The summed E-state index contributed by atoms with van der Waals surface area (Å²) in [6.07, 6.45) is 4.24. The molecule has 27 heavy (non-hydrogen) atoms. The van der Waals surface area contributed by atoms with Crippen LogP contribution in [0.4, 0.5) is 0 Å². The minimum atomic E-state index is 0.858. The molecular formula is C22H21N5. The number of aromatic nitrogens is 1. The van der Waals surface area contributed by atoms with Gasteiger partial charge in [0.1, 0.15) is 11.7 Å². The molecule has 0 amide bonds. The van der Waals surface area contributed by atoms with Gasteiger partial charge in [-0.3, -0.25) is 9.98 Å². The van der Waals surface area contributed by atoms with E-state index in [0.717, 1.165) is 60.2 Å². The normalized spacial score (nSPS) is 16.4. The van der Waals surface area contributed by atoms with Crippen molar-refractivity contribution in [3.63, 3.8) is 0 Å². The highest BCUT2D eigenvalue weighted by Gasteiger charge is 2.09. The number of amidine groups is 2. The van der Waals surface area contributed by atoms with Crippen LogP contribution < -0.4 is 10.6 Å². The Morgan fingerprint density at radius 3 is 2.15 bits per heavy atom. The molecule has 2 aromatic carbocycles. The zero-order valence-corrected chi connectivity index (χ0v) is 15.0. The van der Waals surface area contributed by atoms with Gasteiger partial charge in [-0.2, -0.15) is 0 Å². The molecule has 5 nitrogen and oxygen atoms in total. The molecule has 1 aromatic heterocycles. The van der Waals surface area contributed by atoms with Crippen LogP contribution in [0.15, 0.2) is 58.5 Å². The summed E-state index contributed by atoms with van der Waals surface area (Å²) in [5.41, 5.74) is 5.69. The maximum absolute atomic E-state index is 4.50. The molecule has 134 valence electrons. The summed E-state index contributed by atoms with van der Waals surface area (Å²) < 4.78 is 0. The number of rotatable bonds is 4. The largest absolute Gasteiger partial charge is 0.368 e. The first-order valence-electron chi connectivity index (χ1n) is 9.33. The Hall–Kier alpha value is -3.34. The summed E-state index contributed by atoms with van der Waals surface area (Å²) in [4.78, 5) is 12.4. The number of H-pyrrole nitrogens is 1. The SMILES string of the molecule is C(=C\c1cc2cc(C3=NCCN3)ccc2[nH]1)/c1ccc(C2=NCCN2)cc1. The summed E-state index contributed by atoms with van der Waals surface area (Å²) in [6, 6.07) is 17.1. The van der Waals surface area contributed by atoms with Crippen LogP contribution in [-0.2, 0) is 0 Å². The topological polar surface area (TPSA) is 64.6 Å². The number of benzene rings is 2. The van der Waals surface area contributed by atoms with Crippen molar-refractivity contribution in [3.8, 4) is 0 Å². The number of aromatic amines is 1.